The van der Waals surface area contributed by atoms with E-state index in [1.165, 1.54) is 17.4 Å². The third-order valence-electron chi connectivity index (χ3n) is 3.82. The number of aryl methyl sites for hydroxylation is 2. The van der Waals surface area contributed by atoms with Gasteiger partial charge in [-0.1, -0.05) is 17.4 Å². The van der Waals surface area contributed by atoms with Crippen LogP contribution in [0, 0.1) is 12.7 Å². The largest absolute Gasteiger partial charge is 0.308 e. The summed E-state index contributed by atoms with van der Waals surface area (Å²) in [6.45, 7) is 2.96. The van der Waals surface area contributed by atoms with Crippen LogP contribution in [0.5, 0.6) is 0 Å². The maximum absolute atomic E-state index is 14.0. The van der Waals surface area contributed by atoms with E-state index in [0.717, 1.165) is 10.3 Å². The van der Waals surface area contributed by atoms with Gasteiger partial charge >= 0.3 is 0 Å². The number of aromatic nitrogens is 3. The standard InChI is InChI=1S/C17H20FN5OS.ClH/c1-11-10-22(4)20-14(11)16(24)23(9-8-21(2)3)17-19-15-12(18)6-5-7-13(15)25-17;/h5-7,10H,8-9H2,1-4H3;1H. The fourth-order valence-electron chi connectivity index (χ4n) is 2.55. The first-order chi connectivity index (χ1) is 11.9. The van der Waals surface area contributed by atoms with Gasteiger partial charge in [0, 0.05) is 31.9 Å². The zero-order chi connectivity index (χ0) is 18.1. The molecule has 0 unspecified atom stereocenters. The number of amides is 1. The summed E-state index contributed by atoms with van der Waals surface area (Å²) in [5.41, 5.74) is 1.48. The number of hydrogen-bond acceptors (Lipinski definition) is 5. The van der Waals surface area contributed by atoms with Gasteiger partial charge in [-0.3, -0.25) is 14.4 Å². The number of benzene rings is 1. The molecule has 0 atom stereocenters. The second-order valence-corrected chi connectivity index (χ2v) is 7.19. The summed E-state index contributed by atoms with van der Waals surface area (Å²) in [6.07, 6.45) is 1.80. The van der Waals surface area contributed by atoms with Gasteiger partial charge in [0.25, 0.3) is 5.91 Å². The van der Waals surface area contributed by atoms with Gasteiger partial charge in [0.1, 0.15) is 11.3 Å². The van der Waals surface area contributed by atoms with E-state index in [4.69, 9.17) is 0 Å². The smallest absolute Gasteiger partial charge is 0.280 e. The van der Waals surface area contributed by atoms with Crippen molar-refractivity contribution in [1.82, 2.24) is 19.7 Å². The molecule has 3 aromatic rings. The Kier molecular flexibility index (Phi) is 6.33. The zero-order valence-electron chi connectivity index (χ0n) is 15.1. The number of para-hydroxylation sites is 1. The van der Waals surface area contributed by atoms with E-state index in [-0.39, 0.29) is 24.1 Å². The molecule has 1 aromatic carbocycles. The predicted molar refractivity (Wildman–Crippen MR) is 105 cm³/mol. The summed E-state index contributed by atoms with van der Waals surface area (Å²) in [7, 11) is 5.65. The van der Waals surface area contributed by atoms with Crippen molar-refractivity contribution in [2.24, 2.45) is 7.05 Å². The molecule has 0 aliphatic rings. The molecule has 2 heterocycles. The molecule has 2 aromatic heterocycles. The summed E-state index contributed by atoms with van der Waals surface area (Å²) >= 11 is 1.31. The molecule has 1 amide bonds. The quantitative estimate of drug-likeness (QED) is 0.663. The predicted octanol–water partition coefficient (Wildman–Crippen LogP) is 3.11. The van der Waals surface area contributed by atoms with Gasteiger partial charge in [0.05, 0.1) is 4.70 Å². The normalized spacial score (nSPS) is 11.0. The number of hydrogen-bond donors (Lipinski definition) is 0. The average molecular weight is 398 g/mol. The van der Waals surface area contributed by atoms with Crippen molar-refractivity contribution in [2.75, 3.05) is 32.1 Å². The lowest BCUT2D eigenvalue weighted by Crippen LogP contribution is -2.37. The van der Waals surface area contributed by atoms with Crippen molar-refractivity contribution < 1.29 is 9.18 Å². The molecule has 0 N–H and O–H groups in total. The highest BCUT2D eigenvalue weighted by Gasteiger charge is 2.25. The minimum Gasteiger partial charge on any atom is -0.308 e. The van der Waals surface area contributed by atoms with E-state index in [1.807, 2.05) is 25.9 Å². The summed E-state index contributed by atoms with van der Waals surface area (Å²) in [4.78, 5) is 21.0. The minimum absolute atomic E-state index is 0. The Morgan fingerprint density at radius 2 is 2.04 bits per heavy atom. The fourth-order valence-corrected chi connectivity index (χ4v) is 3.55. The highest BCUT2D eigenvalue weighted by molar-refractivity contribution is 7.22. The number of fused-ring (bicyclic) bond motifs is 1. The first-order valence-electron chi connectivity index (χ1n) is 7.88. The molecular weight excluding hydrogens is 377 g/mol. The topological polar surface area (TPSA) is 54.3 Å². The van der Waals surface area contributed by atoms with Gasteiger partial charge in [-0.2, -0.15) is 5.10 Å². The molecular formula is C17H21ClFN5OS. The summed E-state index contributed by atoms with van der Waals surface area (Å²) < 4.78 is 16.3. The Bertz CT molecular complexity index is 923. The lowest BCUT2D eigenvalue weighted by atomic mass is 10.2. The monoisotopic (exact) mass is 397 g/mol. The summed E-state index contributed by atoms with van der Waals surface area (Å²) in [5.74, 6) is -0.603. The Labute approximate surface area is 161 Å². The number of halogens is 2. The number of carbonyl (C=O) groups excluding carboxylic acids is 1. The van der Waals surface area contributed by atoms with Gasteiger partial charge in [-0.05, 0) is 33.2 Å². The first-order valence-corrected chi connectivity index (χ1v) is 8.70. The van der Waals surface area contributed by atoms with Crippen LogP contribution in [0.25, 0.3) is 10.2 Å². The van der Waals surface area contributed by atoms with Crippen LogP contribution in [0.2, 0.25) is 0 Å². The maximum Gasteiger partial charge on any atom is 0.280 e. The number of likely N-dealkylation sites (N-methyl/N-ethyl adjacent to an activating group) is 1. The fraction of sp³-hybridized carbons (Fsp3) is 0.353. The molecule has 0 aliphatic carbocycles. The molecule has 6 nitrogen and oxygen atoms in total. The number of rotatable bonds is 5. The second-order valence-electron chi connectivity index (χ2n) is 6.18. The Morgan fingerprint density at radius 3 is 2.62 bits per heavy atom. The lowest BCUT2D eigenvalue weighted by Gasteiger charge is -2.21. The molecule has 0 radical (unpaired) electrons. The highest BCUT2D eigenvalue weighted by Crippen LogP contribution is 2.31. The average Bonchev–Trinajstić information content (AvgIpc) is 3.11. The van der Waals surface area contributed by atoms with Crippen molar-refractivity contribution in [1.29, 1.82) is 0 Å². The minimum atomic E-state index is -0.381. The lowest BCUT2D eigenvalue weighted by molar-refractivity contribution is 0.0979. The molecule has 26 heavy (non-hydrogen) atoms. The molecule has 0 saturated heterocycles. The van der Waals surface area contributed by atoms with E-state index >= 15 is 0 Å². The van der Waals surface area contributed by atoms with Crippen LogP contribution in [-0.2, 0) is 7.05 Å². The molecule has 0 fully saturated rings. The van der Waals surface area contributed by atoms with Crippen LogP contribution in [0.1, 0.15) is 16.1 Å². The van der Waals surface area contributed by atoms with E-state index < -0.39 is 0 Å². The Balaban J connectivity index is 0.00000243. The Morgan fingerprint density at radius 1 is 1.31 bits per heavy atom. The van der Waals surface area contributed by atoms with E-state index in [2.05, 4.69) is 10.1 Å². The van der Waals surface area contributed by atoms with Gasteiger partial charge in [0.2, 0.25) is 0 Å². The van der Waals surface area contributed by atoms with Crippen molar-refractivity contribution in [3.8, 4) is 0 Å². The third kappa shape index (κ3) is 4.03. The van der Waals surface area contributed by atoms with Crippen LogP contribution in [0.3, 0.4) is 0 Å². The number of thiazole rings is 1. The van der Waals surface area contributed by atoms with Crippen molar-refractivity contribution in [3.63, 3.8) is 0 Å². The van der Waals surface area contributed by atoms with Crippen LogP contribution < -0.4 is 4.90 Å². The van der Waals surface area contributed by atoms with Gasteiger partial charge in [0.15, 0.2) is 10.8 Å². The molecule has 0 spiro atoms. The van der Waals surface area contributed by atoms with Crippen LogP contribution in [0.4, 0.5) is 9.52 Å². The molecule has 9 heteroatoms. The van der Waals surface area contributed by atoms with Crippen LogP contribution >= 0.6 is 23.7 Å². The van der Waals surface area contributed by atoms with Crippen LogP contribution in [0.15, 0.2) is 24.4 Å². The summed E-state index contributed by atoms with van der Waals surface area (Å²) in [5, 5.41) is 4.75. The maximum atomic E-state index is 14.0. The third-order valence-corrected chi connectivity index (χ3v) is 4.86. The summed E-state index contributed by atoms with van der Waals surface area (Å²) in [6, 6.07) is 4.83. The molecule has 0 saturated carbocycles. The van der Waals surface area contributed by atoms with E-state index in [9.17, 15) is 9.18 Å². The highest BCUT2D eigenvalue weighted by atomic mass is 35.5. The van der Waals surface area contributed by atoms with Crippen LogP contribution in [-0.4, -0.2) is 52.8 Å². The second kappa shape index (κ2) is 8.11. The first kappa shape index (κ1) is 20.3. The van der Waals surface area contributed by atoms with E-state index in [0.29, 0.717) is 29.4 Å². The van der Waals surface area contributed by atoms with Crippen molar-refractivity contribution in [2.45, 2.75) is 6.92 Å². The zero-order valence-corrected chi connectivity index (χ0v) is 16.7. The number of carbonyl (C=O) groups is 1. The van der Waals surface area contributed by atoms with Crippen molar-refractivity contribution >= 4 is 45.0 Å². The van der Waals surface area contributed by atoms with E-state index in [1.54, 1.807) is 35.0 Å². The number of nitrogens with zero attached hydrogens (tertiary/aromatic N) is 5. The number of anilines is 1. The SMILES string of the molecule is Cc1cn(C)nc1C(=O)N(CCN(C)C)c1nc2c(F)cccc2s1.Cl. The molecule has 3 rings (SSSR count). The van der Waals surface area contributed by atoms with Gasteiger partial charge in [-0.15, -0.1) is 12.4 Å². The molecule has 140 valence electrons. The van der Waals surface area contributed by atoms with Gasteiger partial charge < -0.3 is 4.90 Å². The van der Waals surface area contributed by atoms with Gasteiger partial charge in [-0.25, -0.2) is 9.37 Å². The Hall–Kier alpha value is -2.03. The molecule has 0 bridgehead atoms. The molecule has 0 aliphatic heterocycles. The van der Waals surface area contributed by atoms with Crippen molar-refractivity contribution in [3.05, 3.63) is 41.5 Å².